The lowest BCUT2D eigenvalue weighted by Gasteiger charge is -2.22. The van der Waals surface area contributed by atoms with Gasteiger partial charge in [-0.2, -0.15) is 4.31 Å². The Morgan fingerprint density at radius 2 is 1.78 bits per heavy atom. The molecule has 0 aliphatic carbocycles. The van der Waals surface area contributed by atoms with Crippen LogP contribution in [0.4, 0.5) is 0 Å². The molecule has 1 aliphatic rings. The highest BCUT2D eigenvalue weighted by atomic mass is 31.3. The molecule has 6 atom stereocenters. The number of hydrogen-bond donors (Lipinski definition) is 4. The number of rotatable bonds is 11. The van der Waals surface area contributed by atoms with Gasteiger partial charge < -0.3 is 24.4 Å². The van der Waals surface area contributed by atoms with Crippen molar-refractivity contribution < 1.29 is 51.6 Å². The smallest absolute Gasteiger partial charge is 0.451 e. The fourth-order valence-corrected chi connectivity index (χ4v) is 5.32. The quantitative estimate of drug-likeness (QED) is 0.224. The number of aromatic nitrogens is 2. The number of benzene rings is 1. The largest absolute Gasteiger partial charge is 0.481 e. The first-order chi connectivity index (χ1) is 16.9. The van der Waals surface area contributed by atoms with Crippen molar-refractivity contribution in [3.63, 3.8) is 0 Å². The van der Waals surface area contributed by atoms with Gasteiger partial charge in [-0.15, -0.1) is 0 Å². The monoisotopic (exact) mass is 550 g/mol. The number of carbonyl (C=O) groups excluding carboxylic acids is 1. The van der Waals surface area contributed by atoms with Crippen molar-refractivity contribution in [1.82, 2.24) is 9.55 Å². The summed E-state index contributed by atoms with van der Waals surface area (Å²) in [6, 6.07) is 8.68. The van der Waals surface area contributed by atoms with Gasteiger partial charge in [-0.05, 0) is 18.6 Å². The highest BCUT2D eigenvalue weighted by Gasteiger charge is 2.49. The average molecular weight is 550 g/mol. The maximum absolute atomic E-state index is 12.6. The molecule has 1 aliphatic heterocycles. The molecule has 2 aromatic rings. The second kappa shape index (κ2) is 11.7. The number of aliphatic hydroxyl groups is 1. The molecule has 4 N–H and O–H groups in total. The topological polar surface area (TPSA) is 213 Å². The number of carbonyl (C=O) groups is 1. The number of aliphatic hydroxyl groups excluding tert-OH is 1. The Labute approximate surface area is 203 Å². The number of aromatic amines is 1. The summed E-state index contributed by atoms with van der Waals surface area (Å²) >= 11 is 0. The molecule has 15 nitrogen and oxygen atoms in total. The Balaban J connectivity index is 1.79. The molecule has 2 heterocycles. The number of phosphoric ester groups is 2. The van der Waals surface area contributed by atoms with Crippen molar-refractivity contribution in [3.05, 3.63) is 69.0 Å². The number of phosphoric acid groups is 2. The van der Waals surface area contributed by atoms with E-state index >= 15 is 0 Å². The third-order valence-corrected chi connectivity index (χ3v) is 7.39. The van der Waals surface area contributed by atoms with Gasteiger partial charge in [-0.25, -0.2) is 18.7 Å². The fraction of sp³-hybridized carbons (Fsp3) is 0.421. The Bertz CT molecular complexity index is 1260. The van der Waals surface area contributed by atoms with E-state index in [0.29, 0.717) is 6.42 Å². The molecule has 36 heavy (non-hydrogen) atoms. The normalized spacial score (nSPS) is 25.1. The van der Waals surface area contributed by atoms with Crippen LogP contribution in [-0.4, -0.2) is 61.9 Å². The fourth-order valence-electron chi connectivity index (χ4n) is 3.15. The Morgan fingerprint density at radius 1 is 1.11 bits per heavy atom. The van der Waals surface area contributed by atoms with Crippen LogP contribution in [0.25, 0.3) is 0 Å². The van der Waals surface area contributed by atoms with Gasteiger partial charge in [0.15, 0.2) is 12.3 Å². The molecular weight excluding hydrogens is 526 g/mol. The summed E-state index contributed by atoms with van der Waals surface area (Å²) in [4.78, 5) is 57.6. The molecule has 3 rings (SSSR count). The summed E-state index contributed by atoms with van der Waals surface area (Å²) in [5.74, 6) is -0.877. The molecule has 0 amide bonds. The zero-order valence-corrected chi connectivity index (χ0v) is 20.5. The summed E-state index contributed by atoms with van der Waals surface area (Å²) in [7, 11) is -10.1. The van der Waals surface area contributed by atoms with Crippen molar-refractivity contribution in [2.45, 2.75) is 37.9 Å². The number of ether oxygens (including phenoxy) is 2. The van der Waals surface area contributed by atoms with Gasteiger partial charge in [0.1, 0.15) is 12.2 Å². The van der Waals surface area contributed by atoms with E-state index < -0.39 is 64.0 Å². The molecule has 0 saturated carbocycles. The lowest BCUT2D eigenvalue weighted by atomic mass is 10.1. The van der Waals surface area contributed by atoms with E-state index in [-0.39, 0.29) is 12.2 Å². The molecule has 198 valence electrons. The minimum Gasteiger partial charge on any atom is -0.451 e. The summed E-state index contributed by atoms with van der Waals surface area (Å²) in [6.07, 6.45) is -4.86. The number of nitrogens with one attached hydrogen (secondary N) is 1. The van der Waals surface area contributed by atoms with Gasteiger partial charge >= 0.3 is 27.3 Å². The molecular formula is C19H24N2O13P2. The third-order valence-electron chi connectivity index (χ3n) is 4.76. The first kappa shape index (κ1) is 28.1. The van der Waals surface area contributed by atoms with E-state index in [1.807, 2.05) is 4.98 Å². The van der Waals surface area contributed by atoms with Gasteiger partial charge in [-0.1, -0.05) is 25.1 Å². The van der Waals surface area contributed by atoms with Gasteiger partial charge in [0.25, 0.3) is 5.56 Å². The number of H-pyrrole nitrogens is 1. The van der Waals surface area contributed by atoms with Gasteiger partial charge in [0.05, 0.1) is 18.8 Å². The lowest BCUT2D eigenvalue weighted by molar-refractivity contribution is -0.0597. The van der Waals surface area contributed by atoms with E-state index in [4.69, 9.17) is 9.47 Å². The summed E-state index contributed by atoms with van der Waals surface area (Å²) in [5.41, 5.74) is -1.55. The van der Waals surface area contributed by atoms with E-state index in [9.17, 15) is 38.4 Å². The van der Waals surface area contributed by atoms with Crippen molar-refractivity contribution in [1.29, 1.82) is 0 Å². The van der Waals surface area contributed by atoms with Crippen LogP contribution in [0.1, 0.15) is 29.9 Å². The first-order valence-electron chi connectivity index (χ1n) is 10.5. The first-order valence-corrected chi connectivity index (χ1v) is 13.5. The van der Waals surface area contributed by atoms with Crippen LogP contribution in [0.5, 0.6) is 0 Å². The van der Waals surface area contributed by atoms with E-state index in [1.54, 1.807) is 25.1 Å². The molecule has 1 fully saturated rings. The van der Waals surface area contributed by atoms with Crippen LogP contribution < -0.4 is 11.2 Å². The number of nitrogens with zero attached hydrogens (tertiary/aromatic N) is 1. The molecule has 3 unspecified atom stereocenters. The van der Waals surface area contributed by atoms with E-state index in [0.717, 1.165) is 16.8 Å². The highest BCUT2D eigenvalue weighted by Crippen LogP contribution is 2.60. The van der Waals surface area contributed by atoms with Crippen LogP contribution in [0.15, 0.2) is 52.2 Å². The Hall–Kier alpha value is -2.45. The van der Waals surface area contributed by atoms with Crippen LogP contribution in [0.2, 0.25) is 0 Å². The minimum absolute atomic E-state index is 0.121. The lowest BCUT2D eigenvalue weighted by Crippen LogP contribution is -2.40. The van der Waals surface area contributed by atoms with Crippen LogP contribution in [0, 0.1) is 0 Å². The summed E-state index contributed by atoms with van der Waals surface area (Å²) in [6.45, 7) is 0.498. The van der Waals surface area contributed by atoms with E-state index in [1.165, 1.54) is 12.1 Å². The van der Waals surface area contributed by atoms with Gasteiger partial charge in [0, 0.05) is 12.3 Å². The molecule has 1 aromatic carbocycles. The number of hydrogen-bond acceptors (Lipinski definition) is 11. The SMILES string of the molecule is CCCOP(=O)(O)OP(=O)(O)OC[C@H]1O[C@@H](n2ccc(=O)[nH]c2=O)[C@@H](OC(=O)c2ccccc2)C1O. The van der Waals surface area contributed by atoms with Crippen molar-refractivity contribution in [2.24, 2.45) is 0 Å². The minimum atomic E-state index is -5.19. The van der Waals surface area contributed by atoms with E-state index in [2.05, 4.69) is 13.4 Å². The molecule has 0 radical (unpaired) electrons. The Kier molecular flexibility index (Phi) is 9.17. The van der Waals surface area contributed by atoms with Gasteiger partial charge in [-0.3, -0.25) is 23.4 Å². The zero-order chi connectivity index (χ0) is 26.5. The highest BCUT2D eigenvalue weighted by molar-refractivity contribution is 7.61. The summed E-state index contributed by atoms with van der Waals surface area (Å²) in [5, 5.41) is 10.8. The van der Waals surface area contributed by atoms with Crippen molar-refractivity contribution in [2.75, 3.05) is 13.2 Å². The standard InChI is InChI=1S/C19H24N2O13P2/c1-2-10-30-35(26,27)34-36(28,29)31-11-13-15(23)16(33-18(24)12-6-4-3-5-7-12)17(32-13)21-9-8-14(22)20-19(21)25/h3-9,13,15-17,23H,2,10-11H2,1H3,(H,26,27)(H,28,29)(H,20,22,25)/t13-,15?,16+,17-/m1/s1. The summed E-state index contributed by atoms with van der Waals surface area (Å²) < 4.78 is 49.0. The molecule has 0 spiro atoms. The second-order valence-corrected chi connectivity index (χ2v) is 10.5. The maximum atomic E-state index is 12.6. The van der Waals surface area contributed by atoms with Crippen LogP contribution >= 0.6 is 15.6 Å². The zero-order valence-electron chi connectivity index (χ0n) is 18.7. The molecule has 0 bridgehead atoms. The predicted octanol–water partition coefficient (Wildman–Crippen LogP) is 0.681. The second-order valence-electron chi connectivity index (χ2n) is 7.46. The predicted molar refractivity (Wildman–Crippen MR) is 120 cm³/mol. The number of esters is 1. The molecule has 1 saturated heterocycles. The van der Waals surface area contributed by atoms with Crippen molar-refractivity contribution in [3.8, 4) is 0 Å². The molecule has 1 aromatic heterocycles. The van der Waals surface area contributed by atoms with Gasteiger partial charge in [0.2, 0.25) is 0 Å². The van der Waals surface area contributed by atoms with Crippen LogP contribution in [-0.2, 0) is 32.0 Å². The Morgan fingerprint density at radius 3 is 2.42 bits per heavy atom. The van der Waals surface area contributed by atoms with Crippen molar-refractivity contribution >= 4 is 21.6 Å². The third kappa shape index (κ3) is 7.29. The van der Waals surface area contributed by atoms with Crippen LogP contribution in [0.3, 0.4) is 0 Å². The molecule has 17 heteroatoms. The maximum Gasteiger partial charge on any atom is 0.481 e. The average Bonchev–Trinajstić information content (AvgIpc) is 3.11.